The molecule has 2 aromatic carbocycles. The Kier molecular flexibility index (Phi) is 6.03. The number of halogens is 1. The lowest BCUT2D eigenvalue weighted by molar-refractivity contribution is -0.605. The summed E-state index contributed by atoms with van der Waals surface area (Å²) in [6.07, 6.45) is 2.85. The summed E-state index contributed by atoms with van der Waals surface area (Å²) >= 11 is 7.23. The molecule has 0 N–H and O–H groups in total. The molecule has 7 nitrogen and oxygen atoms in total. The summed E-state index contributed by atoms with van der Waals surface area (Å²) in [5.41, 5.74) is 2.32. The number of hydrogen-bond acceptors (Lipinski definition) is 5. The number of pyridine rings is 1. The van der Waals surface area contributed by atoms with Gasteiger partial charge in [0.25, 0.3) is 15.9 Å². The fourth-order valence-electron chi connectivity index (χ4n) is 3.96. The Hall–Kier alpha value is -2.98. The van der Waals surface area contributed by atoms with Crippen molar-refractivity contribution in [2.75, 3.05) is 26.2 Å². The molecule has 0 aliphatic carbocycles. The zero-order chi connectivity index (χ0) is 23.9. The average molecular weight is 514 g/mol. The maximum absolute atomic E-state index is 13.2. The summed E-state index contributed by atoms with van der Waals surface area (Å²) in [6, 6.07) is 17.6. The minimum atomic E-state index is -3.64. The minimum Gasteiger partial charge on any atom is -0.619 e. The van der Waals surface area contributed by atoms with Crippen LogP contribution in [0.4, 0.5) is 0 Å². The third kappa shape index (κ3) is 4.39. The summed E-state index contributed by atoms with van der Waals surface area (Å²) in [4.78, 5) is 14.6. The van der Waals surface area contributed by atoms with Gasteiger partial charge in [-0.25, -0.2) is 8.42 Å². The summed E-state index contributed by atoms with van der Waals surface area (Å²) < 4.78 is 29.6. The van der Waals surface area contributed by atoms with Gasteiger partial charge in [-0.1, -0.05) is 29.8 Å². The Labute approximate surface area is 206 Å². The zero-order valence-corrected chi connectivity index (χ0v) is 20.3. The van der Waals surface area contributed by atoms with Crippen LogP contribution in [0.5, 0.6) is 0 Å². The second-order valence-electron chi connectivity index (χ2n) is 7.97. The van der Waals surface area contributed by atoms with Crippen LogP contribution in [-0.2, 0) is 10.0 Å². The maximum atomic E-state index is 13.2. The van der Waals surface area contributed by atoms with Crippen molar-refractivity contribution in [3.63, 3.8) is 0 Å². The molecule has 34 heavy (non-hydrogen) atoms. The van der Waals surface area contributed by atoms with Crippen molar-refractivity contribution >= 4 is 49.0 Å². The van der Waals surface area contributed by atoms with Crippen molar-refractivity contribution in [3.8, 4) is 11.1 Å². The number of sulfonamides is 1. The zero-order valence-electron chi connectivity index (χ0n) is 17.9. The van der Waals surface area contributed by atoms with Crippen LogP contribution in [0, 0.1) is 5.21 Å². The largest absolute Gasteiger partial charge is 0.619 e. The van der Waals surface area contributed by atoms with Gasteiger partial charge in [-0.2, -0.15) is 9.04 Å². The predicted octanol–water partition coefficient (Wildman–Crippen LogP) is 4.00. The van der Waals surface area contributed by atoms with E-state index in [0.717, 1.165) is 25.9 Å². The van der Waals surface area contributed by atoms with E-state index in [1.165, 1.54) is 28.0 Å². The third-order valence-corrected chi connectivity index (χ3v) is 9.53. The molecular weight excluding hydrogens is 494 g/mol. The highest BCUT2D eigenvalue weighted by Gasteiger charge is 2.31. The smallest absolute Gasteiger partial charge is 0.253 e. The molecule has 0 saturated carbocycles. The number of aromatic nitrogens is 1. The van der Waals surface area contributed by atoms with Crippen LogP contribution in [0.25, 0.3) is 21.2 Å². The number of fused-ring (bicyclic) bond motifs is 1. The van der Waals surface area contributed by atoms with Gasteiger partial charge in [-0.15, -0.1) is 11.3 Å². The van der Waals surface area contributed by atoms with Gasteiger partial charge in [-0.05, 0) is 46.8 Å². The number of thiophene rings is 1. The van der Waals surface area contributed by atoms with Crippen LogP contribution in [-0.4, -0.2) is 49.7 Å². The second-order valence-corrected chi connectivity index (χ2v) is 11.7. The first kappa shape index (κ1) is 22.8. The summed E-state index contributed by atoms with van der Waals surface area (Å²) in [5.74, 6) is -0.134. The molecule has 1 fully saturated rings. The fraction of sp³-hybridized carbons (Fsp3) is 0.167. The van der Waals surface area contributed by atoms with Crippen LogP contribution < -0.4 is 4.73 Å². The number of rotatable bonds is 4. The fourth-order valence-corrected chi connectivity index (χ4v) is 7.21. The molecule has 3 heterocycles. The van der Waals surface area contributed by atoms with E-state index in [1.807, 2.05) is 18.2 Å². The van der Waals surface area contributed by atoms with Gasteiger partial charge in [0.2, 0.25) is 0 Å². The van der Waals surface area contributed by atoms with Crippen molar-refractivity contribution in [1.29, 1.82) is 0 Å². The van der Waals surface area contributed by atoms with Crippen molar-refractivity contribution in [2.24, 2.45) is 0 Å². The molecular formula is C24H20ClN3O4S2. The molecule has 2 aromatic heterocycles. The molecule has 0 unspecified atom stereocenters. The predicted molar refractivity (Wildman–Crippen MR) is 132 cm³/mol. The quantitative estimate of drug-likeness (QED) is 0.305. The van der Waals surface area contributed by atoms with E-state index in [4.69, 9.17) is 11.6 Å². The van der Waals surface area contributed by atoms with Crippen molar-refractivity contribution in [2.45, 2.75) is 4.21 Å². The van der Waals surface area contributed by atoms with E-state index in [2.05, 4.69) is 0 Å². The summed E-state index contributed by atoms with van der Waals surface area (Å²) in [5, 5.41) is 12.6. The van der Waals surface area contributed by atoms with Crippen LogP contribution in [0.3, 0.4) is 0 Å². The summed E-state index contributed by atoms with van der Waals surface area (Å²) in [6.45, 7) is 1.11. The molecule has 0 bridgehead atoms. The minimum absolute atomic E-state index is 0.134. The monoisotopic (exact) mass is 513 g/mol. The second kappa shape index (κ2) is 8.99. The highest BCUT2D eigenvalue weighted by atomic mass is 35.5. The van der Waals surface area contributed by atoms with E-state index in [-0.39, 0.29) is 23.2 Å². The lowest BCUT2D eigenvalue weighted by Gasteiger charge is -2.33. The Bertz CT molecular complexity index is 1460. The van der Waals surface area contributed by atoms with Crippen LogP contribution in [0.1, 0.15) is 10.4 Å². The molecule has 0 spiro atoms. The van der Waals surface area contributed by atoms with E-state index in [9.17, 15) is 18.4 Å². The number of piperazine rings is 1. The van der Waals surface area contributed by atoms with E-state index in [0.29, 0.717) is 23.7 Å². The molecule has 0 radical (unpaired) electrons. The molecule has 10 heteroatoms. The van der Waals surface area contributed by atoms with Crippen molar-refractivity contribution in [3.05, 3.63) is 88.9 Å². The number of amides is 1. The highest BCUT2D eigenvalue weighted by molar-refractivity contribution is 7.91. The first-order valence-corrected chi connectivity index (χ1v) is 13.2. The van der Waals surface area contributed by atoms with Crippen molar-refractivity contribution < 1.29 is 17.9 Å². The molecule has 5 rings (SSSR count). The summed E-state index contributed by atoms with van der Waals surface area (Å²) in [7, 11) is -3.64. The maximum Gasteiger partial charge on any atom is 0.253 e. The molecule has 0 atom stereocenters. The normalized spacial score (nSPS) is 15.0. The number of carbonyl (C=O) groups is 1. The van der Waals surface area contributed by atoms with Crippen molar-refractivity contribution in [1.82, 2.24) is 9.21 Å². The Balaban J connectivity index is 1.26. The highest BCUT2D eigenvalue weighted by Crippen LogP contribution is 2.33. The number of hydrogen-bond donors (Lipinski definition) is 0. The van der Waals surface area contributed by atoms with Gasteiger partial charge in [0.1, 0.15) is 4.21 Å². The number of carbonyl (C=O) groups excluding carboxylic acids is 1. The van der Waals surface area contributed by atoms with Crippen LogP contribution in [0.2, 0.25) is 5.02 Å². The van der Waals surface area contributed by atoms with Gasteiger partial charge < -0.3 is 10.1 Å². The topological polar surface area (TPSA) is 84.6 Å². The van der Waals surface area contributed by atoms with E-state index < -0.39 is 10.0 Å². The van der Waals surface area contributed by atoms with Gasteiger partial charge in [0.05, 0.1) is 0 Å². The lowest BCUT2D eigenvalue weighted by atomic mass is 10.0. The SMILES string of the molecule is O=C(c1ccc(-c2cc[n+]([O-])cc2)cc1)N1CCN(S(=O)(=O)c2cc3ccc(Cl)cc3s2)CC1. The number of benzene rings is 2. The van der Waals surface area contributed by atoms with Crippen LogP contribution >= 0.6 is 22.9 Å². The first-order chi connectivity index (χ1) is 16.3. The molecule has 174 valence electrons. The third-order valence-electron chi connectivity index (χ3n) is 5.85. The Morgan fingerprint density at radius 2 is 1.56 bits per heavy atom. The lowest BCUT2D eigenvalue weighted by Crippen LogP contribution is -2.50. The average Bonchev–Trinajstić information content (AvgIpc) is 3.28. The standard InChI is InChI=1S/C24H20ClN3O4S2/c25-21-6-5-20-15-23(33-22(20)16-21)34(31,32)28-13-11-26(12-14-28)24(29)19-3-1-17(2-4-19)18-7-9-27(30)10-8-18/h1-10,15-16H,11-14H2. The molecule has 1 aliphatic rings. The van der Waals surface area contributed by atoms with Gasteiger partial charge in [0.15, 0.2) is 12.4 Å². The van der Waals surface area contributed by atoms with E-state index in [1.54, 1.807) is 47.4 Å². The molecule has 1 aliphatic heterocycles. The molecule has 1 amide bonds. The van der Waals surface area contributed by atoms with Gasteiger partial charge in [-0.3, -0.25) is 4.79 Å². The Morgan fingerprint density at radius 1 is 0.912 bits per heavy atom. The van der Waals surface area contributed by atoms with Gasteiger partial charge in [0, 0.05) is 53.6 Å². The van der Waals surface area contributed by atoms with E-state index >= 15 is 0 Å². The first-order valence-electron chi connectivity index (χ1n) is 10.6. The number of nitrogens with zero attached hydrogens (tertiary/aromatic N) is 3. The Morgan fingerprint density at radius 3 is 2.24 bits per heavy atom. The van der Waals surface area contributed by atoms with Gasteiger partial charge >= 0.3 is 0 Å². The molecule has 4 aromatic rings. The van der Waals surface area contributed by atoms with Crippen LogP contribution in [0.15, 0.2) is 77.3 Å². The molecule has 1 saturated heterocycles.